The van der Waals surface area contributed by atoms with Crippen LogP contribution in [-0.4, -0.2) is 37.3 Å². The maximum Gasteiger partial charge on any atom is 0.269 e. The van der Waals surface area contributed by atoms with Gasteiger partial charge in [0.25, 0.3) is 5.69 Å². The van der Waals surface area contributed by atoms with Gasteiger partial charge < -0.3 is 15.2 Å². The van der Waals surface area contributed by atoms with Gasteiger partial charge in [0.15, 0.2) is 11.0 Å². The molecule has 0 aliphatic heterocycles. The molecule has 0 atom stereocenters. The van der Waals surface area contributed by atoms with Crippen molar-refractivity contribution >= 4 is 40.6 Å². The summed E-state index contributed by atoms with van der Waals surface area (Å²) in [7, 11) is 0. The van der Waals surface area contributed by atoms with Gasteiger partial charge in [-0.1, -0.05) is 23.9 Å². The summed E-state index contributed by atoms with van der Waals surface area (Å²) in [6, 6.07) is 12.9. The Morgan fingerprint density at radius 1 is 1.10 bits per heavy atom. The second kappa shape index (κ2) is 9.85. The zero-order chi connectivity index (χ0) is 22.4. The molecule has 0 radical (unpaired) electrons. The Bertz CT molecular complexity index is 1110. The van der Waals surface area contributed by atoms with Crippen molar-refractivity contribution in [3.63, 3.8) is 0 Å². The van der Waals surface area contributed by atoms with Crippen molar-refractivity contribution in [2.75, 3.05) is 16.4 Å². The number of nitrogens with zero attached hydrogens (tertiary/aromatic N) is 4. The van der Waals surface area contributed by atoms with Crippen molar-refractivity contribution in [3.05, 3.63) is 58.6 Å². The molecule has 11 heteroatoms. The number of carbonyl (C=O) groups is 2. The van der Waals surface area contributed by atoms with E-state index in [1.807, 2.05) is 29.7 Å². The van der Waals surface area contributed by atoms with Crippen LogP contribution in [-0.2, 0) is 16.1 Å². The highest BCUT2D eigenvalue weighted by atomic mass is 32.2. The largest absolute Gasteiger partial charge is 0.326 e. The van der Waals surface area contributed by atoms with Crippen LogP contribution in [0.1, 0.15) is 13.8 Å². The van der Waals surface area contributed by atoms with E-state index in [1.54, 1.807) is 6.07 Å². The molecule has 2 aromatic carbocycles. The van der Waals surface area contributed by atoms with Crippen LogP contribution in [0.4, 0.5) is 17.1 Å². The van der Waals surface area contributed by atoms with Gasteiger partial charge in [-0.05, 0) is 31.2 Å². The Morgan fingerprint density at radius 2 is 1.84 bits per heavy atom. The standard InChI is InChI=1S/C20H20N6O4S/c1-3-25-19(14-5-4-6-16(11-14)21-13(2)27)23-24-20(25)31-12-18(28)22-15-7-9-17(10-8-15)26(29)30/h4-11H,3,12H2,1-2H3,(H,21,27)(H,22,28). The minimum Gasteiger partial charge on any atom is -0.326 e. The first kappa shape index (κ1) is 22.0. The lowest BCUT2D eigenvalue weighted by molar-refractivity contribution is -0.384. The Labute approximate surface area is 182 Å². The molecule has 2 amide bonds. The molecule has 2 N–H and O–H groups in total. The Kier molecular flexibility index (Phi) is 6.98. The molecule has 1 aromatic heterocycles. The van der Waals surface area contributed by atoms with E-state index in [-0.39, 0.29) is 23.3 Å². The van der Waals surface area contributed by atoms with Crippen molar-refractivity contribution in [3.8, 4) is 11.4 Å². The molecular weight excluding hydrogens is 420 g/mol. The average Bonchev–Trinajstić information content (AvgIpc) is 3.15. The van der Waals surface area contributed by atoms with Crippen LogP contribution in [0.15, 0.2) is 53.7 Å². The monoisotopic (exact) mass is 440 g/mol. The number of nitro benzene ring substituents is 1. The number of rotatable bonds is 8. The van der Waals surface area contributed by atoms with E-state index in [0.717, 1.165) is 5.56 Å². The molecule has 1 heterocycles. The molecule has 3 rings (SSSR count). The minimum atomic E-state index is -0.498. The molecule has 10 nitrogen and oxygen atoms in total. The first-order chi connectivity index (χ1) is 14.9. The van der Waals surface area contributed by atoms with Gasteiger partial charge >= 0.3 is 0 Å². The maximum atomic E-state index is 12.3. The predicted molar refractivity (Wildman–Crippen MR) is 118 cm³/mol. The van der Waals surface area contributed by atoms with Gasteiger partial charge in [-0.15, -0.1) is 10.2 Å². The second-order valence-corrected chi connectivity index (χ2v) is 7.40. The van der Waals surface area contributed by atoms with E-state index >= 15 is 0 Å². The third kappa shape index (κ3) is 5.66. The predicted octanol–water partition coefficient (Wildman–Crippen LogP) is 3.56. The zero-order valence-electron chi connectivity index (χ0n) is 16.9. The highest BCUT2D eigenvalue weighted by Gasteiger charge is 2.15. The van der Waals surface area contributed by atoms with E-state index in [4.69, 9.17) is 0 Å². The fraction of sp³-hybridized carbons (Fsp3) is 0.200. The number of carbonyl (C=O) groups excluding carboxylic acids is 2. The number of anilines is 2. The summed E-state index contributed by atoms with van der Waals surface area (Å²) in [5.74, 6) is 0.303. The summed E-state index contributed by atoms with van der Waals surface area (Å²) < 4.78 is 1.89. The number of aromatic nitrogens is 3. The summed E-state index contributed by atoms with van der Waals surface area (Å²) in [5.41, 5.74) is 1.89. The Morgan fingerprint density at radius 3 is 2.48 bits per heavy atom. The van der Waals surface area contributed by atoms with Crippen LogP contribution in [0.5, 0.6) is 0 Å². The van der Waals surface area contributed by atoms with Crippen LogP contribution in [0.3, 0.4) is 0 Å². The zero-order valence-corrected chi connectivity index (χ0v) is 17.7. The van der Waals surface area contributed by atoms with Crippen molar-refractivity contribution < 1.29 is 14.5 Å². The summed E-state index contributed by atoms with van der Waals surface area (Å²) in [5, 5.41) is 25.2. The third-order valence-corrected chi connectivity index (χ3v) is 5.14. The van der Waals surface area contributed by atoms with E-state index in [9.17, 15) is 19.7 Å². The highest BCUT2D eigenvalue weighted by molar-refractivity contribution is 7.99. The van der Waals surface area contributed by atoms with Crippen molar-refractivity contribution in [2.24, 2.45) is 0 Å². The number of non-ortho nitro benzene ring substituents is 1. The number of hydrogen-bond acceptors (Lipinski definition) is 7. The molecular formula is C20H20N6O4S. The molecule has 3 aromatic rings. The average molecular weight is 440 g/mol. The van der Waals surface area contributed by atoms with Crippen LogP contribution in [0, 0.1) is 10.1 Å². The third-order valence-electron chi connectivity index (χ3n) is 4.17. The van der Waals surface area contributed by atoms with Gasteiger partial charge in [-0.25, -0.2) is 0 Å². The molecule has 160 valence electrons. The fourth-order valence-corrected chi connectivity index (χ4v) is 3.63. The molecule has 0 aliphatic carbocycles. The second-order valence-electron chi connectivity index (χ2n) is 6.45. The SMILES string of the molecule is CCn1c(SCC(=O)Nc2ccc([N+](=O)[O-])cc2)nnc1-c1cccc(NC(C)=O)c1. The topological polar surface area (TPSA) is 132 Å². The Hall–Kier alpha value is -3.73. The van der Waals surface area contributed by atoms with E-state index in [0.29, 0.717) is 28.9 Å². The molecule has 0 fully saturated rings. The number of hydrogen-bond donors (Lipinski definition) is 2. The summed E-state index contributed by atoms with van der Waals surface area (Å²) in [6.07, 6.45) is 0. The maximum absolute atomic E-state index is 12.3. The van der Waals surface area contributed by atoms with Crippen LogP contribution < -0.4 is 10.6 Å². The van der Waals surface area contributed by atoms with Crippen LogP contribution in [0.25, 0.3) is 11.4 Å². The van der Waals surface area contributed by atoms with Gasteiger partial charge in [0.2, 0.25) is 11.8 Å². The van der Waals surface area contributed by atoms with Gasteiger partial charge in [0, 0.05) is 42.5 Å². The van der Waals surface area contributed by atoms with Gasteiger partial charge in [-0.2, -0.15) is 0 Å². The lowest BCUT2D eigenvalue weighted by Crippen LogP contribution is -2.14. The summed E-state index contributed by atoms with van der Waals surface area (Å²) >= 11 is 1.24. The lowest BCUT2D eigenvalue weighted by atomic mass is 10.2. The summed E-state index contributed by atoms with van der Waals surface area (Å²) in [4.78, 5) is 33.8. The van der Waals surface area contributed by atoms with Crippen LogP contribution >= 0.6 is 11.8 Å². The van der Waals surface area contributed by atoms with E-state index in [1.165, 1.54) is 43.0 Å². The smallest absolute Gasteiger partial charge is 0.269 e. The number of nitro groups is 1. The van der Waals surface area contributed by atoms with Crippen LogP contribution in [0.2, 0.25) is 0 Å². The van der Waals surface area contributed by atoms with Crippen molar-refractivity contribution in [2.45, 2.75) is 25.5 Å². The van der Waals surface area contributed by atoms with Crippen molar-refractivity contribution in [1.82, 2.24) is 14.8 Å². The fourth-order valence-electron chi connectivity index (χ4n) is 2.83. The van der Waals surface area contributed by atoms with Gasteiger partial charge in [-0.3, -0.25) is 19.7 Å². The number of benzene rings is 2. The minimum absolute atomic E-state index is 0.0430. The highest BCUT2D eigenvalue weighted by Crippen LogP contribution is 2.26. The van der Waals surface area contributed by atoms with Crippen molar-refractivity contribution in [1.29, 1.82) is 0 Å². The molecule has 0 spiro atoms. The summed E-state index contributed by atoms with van der Waals surface area (Å²) in [6.45, 7) is 3.99. The molecule has 0 bridgehead atoms. The van der Waals surface area contributed by atoms with E-state index < -0.39 is 4.92 Å². The molecule has 0 aliphatic rings. The Balaban J connectivity index is 1.67. The quantitative estimate of drug-likeness (QED) is 0.311. The van der Waals surface area contributed by atoms with Gasteiger partial charge in [0.1, 0.15) is 0 Å². The lowest BCUT2D eigenvalue weighted by Gasteiger charge is -2.09. The number of amides is 2. The molecule has 0 unspecified atom stereocenters. The molecule has 0 saturated carbocycles. The molecule has 0 saturated heterocycles. The van der Waals surface area contributed by atoms with Gasteiger partial charge in [0.05, 0.1) is 10.7 Å². The normalized spacial score (nSPS) is 10.5. The van der Waals surface area contributed by atoms with E-state index in [2.05, 4.69) is 20.8 Å². The number of nitrogens with one attached hydrogen (secondary N) is 2. The molecule has 31 heavy (non-hydrogen) atoms. The first-order valence-corrected chi connectivity index (χ1v) is 10.3. The number of thioether (sulfide) groups is 1. The first-order valence-electron chi connectivity index (χ1n) is 9.35.